The Bertz CT molecular complexity index is 2470. The fraction of sp³-hybridized carbons (Fsp3) is 0.0455. The Balaban J connectivity index is 1.14. The van der Waals surface area contributed by atoms with Gasteiger partial charge in [-0.3, -0.25) is 0 Å². The lowest BCUT2D eigenvalue weighted by Gasteiger charge is -2.16. The Labute approximate surface area is 262 Å². The van der Waals surface area contributed by atoms with Crippen LogP contribution in [-0.2, 0) is 12.8 Å². The van der Waals surface area contributed by atoms with Crippen molar-refractivity contribution >= 4 is 44.2 Å². The van der Waals surface area contributed by atoms with Crippen LogP contribution in [0.5, 0.6) is 0 Å². The summed E-state index contributed by atoms with van der Waals surface area (Å²) in [5, 5.41) is 5.24. The number of nitrogens with zero attached hydrogens (tertiary/aromatic N) is 1. The van der Waals surface area contributed by atoms with Crippen molar-refractivity contribution in [1.29, 1.82) is 0 Å². The van der Waals surface area contributed by atoms with Crippen molar-refractivity contribution in [2.45, 2.75) is 12.8 Å². The molecule has 0 aliphatic heterocycles. The van der Waals surface area contributed by atoms with Crippen molar-refractivity contribution in [3.8, 4) is 27.9 Å². The molecule has 10 rings (SSSR count). The Morgan fingerprint density at radius 3 is 1.93 bits per heavy atom. The van der Waals surface area contributed by atoms with E-state index in [1.54, 1.807) is 0 Å². The van der Waals surface area contributed by atoms with E-state index in [-0.39, 0.29) is 0 Å². The van der Waals surface area contributed by atoms with Gasteiger partial charge in [-0.2, -0.15) is 0 Å². The molecule has 0 amide bonds. The van der Waals surface area contributed by atoms with Crippen molar-refractivity contribution in [3.63, 3.8) is 0 Å². The SMILES string of the molecule is C1=C(c2ccccc2)Cc2c1cccc2-c1cccc2c1-c1ccc3c(-n4c5ccccc5c5ccccc54)cccc3c1C2. The van der Waals surface area contributed by atoms with E-state index in [1.165, 1.54) is 93.9 Å². The zero-order chi connectivity index (χ0) is 29.5. The Morgan fingerprint density at radius 2 is 1.11 bits per heavy atom. The molecule has 0 atom stereocenters. The van der Waals surface area contributed by atoms with Gasteiger partial charge in [-0.15, -0.1) is 0 Å². The average Bonchev–Trinajstić information content (AvgIpc) is 3.80. The van der Waals surface area contributed by atoms with E-state index in [4.69, 9.17) is 0 Å². The van der Waals surface area contributed by atoms with Crippen molar-refractivity contribution in [2.24, 2.45) is 0 Å². The molecule has 2 aliphatic rings. The van der Waals surface area contributed by atoms with Gasteiger partial charge >= 0.3 is 0 Å². The topological polar surface area (TPSA) is 4.93 Å². The molecule has 45 heavy (non-hydrogen) atoms. The molecule has 0 saturated heterocycles. The molecule has 0 saturated carbocycles. The third-order valence-corrected chi connectivity index (χ3v) is 10.1. The van der Waals surface area contributed by atoms with Crippen LogP contribution < -0.4 is 0 Å². The van der Waals surface area contributed by atoms with E-state index in [2.05, 4.69) is 156 Å². The quantitative estimate of drug-likeness (QED) is 0.199. The van der Waals surface area contributed by atoms with Crippen molar-refractivity contribution in [2.75, 3.05) is 0 Å². The van der Waals surface area contributed by atoms with Gasteiger partial charge in [0.2, 0.25) is 0 Å². The number of fused-ring (bicyclic) bond motifs is 9. The van der Waals surface area contributed by atoms with E-state index in [1.807, 2.05) is 0 Å². The lowest BCUT2D eigenvalue weighted by molar-refractivity contribution is 1.19. The van der Waals surface area contributed by atoms with E-state index < -0.39 is 0 Å². The largest absolute Gasteiger partial charge is 0.309 e. The highest BCUT2D eigenvalue weighted by Gasteiger charge is 2.27. The maximum absolute atomic E-state index is 2.46. The summed E-state index contributed by atoms with van der Waals surface area (Å²) in [5.41, 5.74) is 17.6. The van der Waals surface area contributed by atoms with Gasteiger partial charge in [-0.1, -0.05) is 133 Å². The van der Waals surface area contributed by atoms with Crippen LogP contribution in [0.3, 0.4) is 0 Å². The summed E-state index contributed by atoms with van der Waals surface area (Å²) in [6, 6.07) is 53.8. The minimum absolute atomic E-state index is 0.953. The van der Waals surface area contributed by atoms with Crippen LogP contribution >= 0.6 is 0 Å². The molecule has 0 spiro atoms. The van der Waals surface area contributed by atoms with Crippen molar-refractivity contribution in [1.82, 2.24) is 4.57 Å². The van der Waals surface area contributed by atoms with Crippen LogP contribution in [-0.4, -0.2) is 4.57 Å². The molecule has 2 aliphatic carbocycles. The first-order chi connectivity index (χ1) is 22.3. The van der Waals surface area contributed by atoms with Crippen molar-refractivity contribution < 1.29 is 0 Å². The highest BCUT2D eigenvalue weighted by atomic mass is 15.0. The minimum Gasteiger partial charge on any atom is -0.309 e. The van der Waals surface area contributed by atoms with Gasteiger partial charge in [0.15, 0.2) is 0 Å². The second kappa shape index (κ2) is 9.42. The summed E-state index contributed by atoms with van der Waals surface area (Å²) in [6.07, 6.45) is 4.30. The number of aromatic nitrogens is 1. The fourth-order valence-electron chi connectivity index (χ4n) is 8.14. The molecule has 8 aromatic rings. The number of allylic oxidation sites excluding steroid dienone is 1. The summed E-state index contributed by atoms with van der Waals surface area (Å²) in [6.45, 7) is 0. The smallest absolute Gasteiger partial charge is 0.0541 e. The van der Waals surface area contributed by atoms with Gasteiger partial charge in [0.25, 0.3) is 0 Å². The van der Waals surface area contributed by atoms with E-state index in [0.29, 0.717) is 0 Å². The molecule has 0 bridgehead atoms. The number of rotatable bonds is 3. The van der Waals surface area contributed by atoms with Crippen LogP contribution in [0.15, 0.2) is 146 Å². The fourth-order valence-corrected chi connectivity index (χ4v) is 8.14. The number of benzene rings is 7. The van der Waals surface area contributed by atoms with Gasteiger partial charge in [-0.25, -0.2) is 0 Å². The maximum Gasteiger partial charge on any atom is 0.0541 e. The molecular weight excluding hydrogens is 542 g/mol. The van der Waals surface area contributed by atoms with Crippen molar-refractivity contribution in [3.05, 3.63) is 173 Å². The zero-order valence-electron chi connectivity index (χ0n) is 24.8. The number of hydrogen-bond acceptors (Lipinski definition) is 0. The molecule has 1 heteroatoms. The molecule has 0 unspecified atom stereocenters. The average molecular weight is 572 g/mol. The molecule has 0 fully saturated rings. The second-order valence-corrected chi connectivity index (χ2v) is 12.4. The summed E-state index contributed by atoms with van der Waals surface area (Å²) >= 11 is 0. The number of para-hydroxylation sites is 2. The second-order valence-electron chi connectivity index (χ2n) is 12.4. The highest BCUT2D eigenvalue weighted by molar-refractivity contribution is 6.11. The molecule has 1 aromatic heterocycles. The van der Waals surface area contributed by atoms with Crippen LogP contribution in [0.1, 0.15) is 27.8 Å². The molecule has 210 valence electrons. The summed E-state index contributed by atoms with van der Waals surface area (Å²) in [7, 11) is 0. The number of hydrogen-bond donors (Lipinski definition) is 0. The van der Waals surface area contributed by atoms with Gasteiger partial charge in [0, 0.05) is 16.2 Å². The third kappa shape index (κ3) is 3.56. The first-order valence-corrected chi connectivity index (χ1v) is 15.9. The minimum atomic E-state index is 0.953. The monoisotopic (exact) mass is 571 g/mol. The first kappa shape index (κ1) is 24.7. The summed E-state index contributed by atoms with van der Waals surface area (Å²) in [4.78, 5) is 0. The van der Waals surface area contributed by atoms with Crippen LogP contribution in [0.4, 0.5) is 0 Å². The van der Waals surface area contributed by atoms with Gasteiger partial charge in [-0.05, 0) is 92.1 Å². The Kier molecular flexibility index (Phi) is 5.18. The predicted octanol–water partition coefficient (Wildman–Crippen LogP) is 11.3. The standard InChI is InChI=1S/C44H29N/c1-2-11-28(12-3-1)31-25-29-13-8-17-33(39(29)27-31)37-19-9-14-30-26-40-32-18-10-22-43(36(32)23-24-38(40)44(30)37)45-41-20-6-4-15-34(41)35-16-5-7-21-42(35)45/h1-25H,26-27H2. The van der Waals surface area contributed by atoms with Gasteiger partial charge < -0.3 is 4.57 Å². The Morgan fingerprint density at radius 1 is 0.422 bits per heavy atom. The molecule has 0 radical (unpaired) electrons. The highest BCUT2D eigenvalue weighted by Crippen LogP contribution is 2.48. The Hall–Kier alpha value is -5.66. The van der Waals surface area contributed by atoms with Crippen LogP contribution in [0.25, 0.3) is 72.2 Å². The lowest BCUT2D eigenvalue weighted by Crippen LogP contribution is -1.96. The van der Waals surface area contributed by atoms with E-state index >= 15 is 0 Å². The molecule has 7 aromatic carbocycles. The van der Waals surface area contributed by atoms with E-state index in [0.717, 1.165) is 12.8 Å². The summed E-state index contributed by atoms with van der Waals surface area (Å²) < 4.78 is 2.46. The summed E-state index contributed by atoms with van der Waals surface area (Å²) in [5.74, 6) is 0. The zero-order valence-corrected chi connectivity index (χ0v) is 24.8. The maximum atomic E-state index is 2.46. The molecule has 1 heterocycles. The van der Waals surface area contributed by atoms with E-state index in [9.17, 15) is 0 Å². The van der Waals surface area contributed by atoms with Crippen LogP contribution in [0, 0.1) is 0 Å². The molecule has 1 nitrogen and oxygen atoms in total. The van der Waals surface area contributed by atoms with Crippen LogP contribution in [0.2, 0.25) is 0 Å². The molecular formula is C44H29N. The molecule has 0 N–H and O–H groups in total. The third-order valence-electron chi connectivity index (χ3n) is 10.1. The van der Waals surface area contributed by atoms with Gasteiger partial charge in [0.05, 0.1) is 16.7 Å². The normalized spacial score (nSPS) is 13.3. The van der Waals surface area contributed by atoms with Gasteiger partial charge in [0.1, 0.15) is 0 Å². The first-order valence-electron chi connectivity index (χ1n) is 15.9. The lowest BCUT2D eigenvalue weighted by atomic mass is 9.89. The predicted molar refractivity (Wildman–Crippen MR) is 190 cm³/mol.